The lowest BCUT2D eigenvalue weighted by Gasteiger charge is -2.47. The summed E-state index contributed by atoms with van der Waals surface area (Å²) in [4.78, 5) is 12.4. The van der Waals surface area contributed by atoms with Crippen LogP contribution in [0.2, 0.25) is 0 Å². The summed E-state index contributed by atoms with van der Waals surface area (Å²) in [6.45, 7) is 7.21. The zero-order chi connectivity index (χ0) is 16.1. The van der Waals surface area contributed by atoms with E-state index in [2.05, 4.69) is 57.2 Å². The van der Waals surface area contributed by atoms with Crippen LogP contribution in [0.1, 0.15) is 45.6 Å². The van der Waals surface area contributed by atoms with E-state index >= 15 is 0 Å². The summed E-state index contributed by atoms with van der Waals surface area (Å²) in [5.41, 5.74) is 5.24. The Morgan fingerprint density at radius 2 is 1.70 bits per heavy atom. The fourth-order valence-corrected chi connectivity index (χ4v) is 5.27. The molecular weight excluding hydrogens is 280 g/mol. The fraction of sp³-hybridized carbons (Fsp3) is 0.500. The molecule has 1 nitrogen and oxygen atoms in total. The van der Waals surface area contributed by atoms with Gasteiger partial charge < -0.3 is 0 Å². The Morgan fingerprint density at radius 3 is 2.43 bits per heavy atom. The standard InChI is InChI=1S/C22H26O/c1-13-11-14(2)18-12-19-17(9-10-20(19)23)22(21(18)15(13)3)16-7-5-4-6-8-16/h4-8,12-15,18,21H,9-11H2,1-3H3. The van der Waals surface area contributed by atoms with E-state index in [9.17, 15) is 4.79 Å². The summed E-state index contributed by atoms with van der Waals surface area (Å²) >= 11 is 0. The average molecular weight is 306 g/mol. The van der Waals surface area contributed by atoms with Gasteiger partial charge in [-0.1, -0.05) is 57.2 Å². The fourth-order valence-electron chi connectivity index (χ4n) is 5.27. The SMILES string of the molecule is CC1CC(C)C2C=C3C(=O)CCC3=C(c3ccccc3)C2C1C. The number of carbonyl (C=O) groups is 1. The Kier molecular flexibility index (Phi) is 3.55. The molecule has 0 radical (unpaired) electrons. The third kappa shape index (κ3) is 2.24. The maximum atomic E-state index is 12.4. The van der Waals surface area contributed by atoms with E-state index < -0.39 is 0 Å². The largest absolute Gasteiger partial charge is 0.294 e. The van der Waals surface area contributed by atoms with Crippen molar-refractivity contribution < 1.29 is 4.79 Å². The molecule has 23 heavy (non-hydrogen) atoms. The van der Waals surface area contributed by atoms with Gasteiger partial charge >= 0.3 is 0 Å². The van der Waals surface area contributed by atoms with E-state index in [1.54, 1.807) is 0 Å². The Labute approximate surface area is 139 Å². The van der Waals surface area contributed by atoms with Crippen LogP contribution in [0.5, 0.6) is 0 Å². The first-order valence-corrected chi connectivity index (χ1v) is 9.11. The molecule has 4 rings (SSSR count). The van der Waals surface area contributed by atoms with E-state index in [1.165, 1.54) is 23.1 Å². The molecule has 5 atom stereocenters. The highest BCUT2D eigenvalue weighted by Gasteiger charge is 2.45. The second kappa shape index (κ2) is 5.47. The first-order valence-electron chi connectivity index (χ1n) is 9.11. The van der Waals surface area contributed by atoms with Crippen LogP contribution in [0.4, 0.5) is 0 Å². The maximum Gasteiger partial charge on any atom is 0.163 e. The maximum absolute atomic E-state index is 12.4. The van der Waals surface area contributed by atoms with E-state index in [0.29, 0.717) is 35.9 Å². The summed E-state index contributed by atoms with van der Waals surface area (Å²) in [6.07, 6.45) is 5.27. The quantitative estimate of drug-likeness (QED) is 0.689. The second-order valence-corrected chi connectivity index (χ2v) is 7.91. The number of fused-ring (bicyclic) bond motifs is 2. The normalized spacial score (nSPS) is 36.6. The van der Waals surface area contributed by atoms with Gasteiger partial charge in [0.2, 0.25) is 0 Å². The molecule has 1 aromatic rings. The molecule has 120 valence electrons. The van der Waals surface area contributed by atoms with Crippen LogP contribution in [0.3, 0.4) is 0 Å². The number of Topliss-reactive ketones (excluding diaryl/α,β-unsaturated/α-hetero) is 1. The lowest BCUT2D eigenvalue weighted by atomic mass is 9.57. The van der Waals surface area contributed by atoms with Crippen molar-refractivity contribution in [3.63, 3.8) is 0 Å². The topological polar surface area (TPSA) is 17.1 Å². The molecule has 0 aromatic heterocycles. The highest BCUT2D eigenvalue weighted by Crippen LogP contribution is 2.54. The number of rotatable bonds is 1. The van der Waals surface area contributed by atoms with Gasteiger partial charge in [-0.3, -0.25) is 4.79 Å². The van der Waals surface area contributed by atoms with Crippen molar-refractivity contribution in [2.45, 2.75) is 40.0 Å². The summed E-state index contributed by atoms with van der Waals surface area (Å²) in [5, 5.41) is 0. The minimum Gasteiger partial charge on any atom is -0.294 e. The number of hydrogen-bond donors (Lipinski definition) is 0. The van der Waals surface area contributed by atoms with Gasteiger partial charge in [0.15, 0.2) is 5.78 Å². The monoisotopic (exact) mass is 306 g/mol. The third-order valence-corrected chi connectivity index (χ3v) is 6.61. The number of allylic oxidation sites excluding steroid dienone is 4. The van der Waals surface area contributed by atoms with Crippen molar-refractivity contribution in [3.05, 3.63) is 53.1 Å². The molecule has 0 amide bonds. The number of benzene rings is 1. The summed E-state index contributed by atoms with van der Waals surface area (Å²) in [6, 6.07) is 10.8. The van der Waals surface area contributed by atoms with Gasteiger partial charge in [-0.05, 0) is 59.1 Å². The van der Waals surface area contributed by atoms with Gasteiger partial charge in [0.25, 0.3) is 0 Å². The molecule has 2 saturated carbocycles. The first-order chi connectivity index (χ1) is 11.1. The number of carbonyl (C=O) groups excluding carboxylic acids is 1. The van der Waals surface area contributed by atoms with Crippen molar-refractivity contribution in [1.29, 1.82) is 0 Å². The van der Waals surface area contributed by atoms with Gasteiger partial charge in [0.1, 0.15) is 0 Å². The minimum atomic E-state index is 0.366. The lowest BCUT2D eigenvalue weighted by Crippen LogP contribution is -2.39. The van der Waals surface area contributed by atoms with Gasteiger partial charge in [-0.15, -0.1) is 0 Å². The van der Waals surface area contributed by atoms with Crippen LogP contribution < -0.4 is 0 Å². The van der Waals surface area contributed by atoms with Crippen LogP contribution in [-0.2, 0) is 4.79 Å². The summed E-state index contributed by atoms with van der Waals surface area (Å²) in [7, 11) is 0. The van der Waals surface area contributed by atoms with Crippen LogP contribution in [0.25, 0.3) is 5.57 Å². The predicted molar refractivity (Wildman–Crippen MR) is 94.8 cm³/mol. The van der Waals surface area contributed by atoms with Crippen molar-refractivity contribution >= 4 is 11.4 Å². The summed E-state index contributed by atoms with van der Waals surface area (Å²) in [5.74, 6) is 3.54. The van der Waals surface area contributed by atoms with Crippen LogP contribution in [0, 0.1) is 29.6 Å². The van der Waals surface area contributed by atoms with Crippen LogP contribution in [-0.4, -0.2) is 5.78 Å². The Morgan fingerprint density at radius 1 is 0.957 bits per heavy atom. The molecule has 0 N–H and O–H groups in total. The number of ketones is 1. The molecule has 0 spiro atoms. The highest BCUT2D eigenvalue weighted by molar-refractivity contribution is 6.06. The van der Waals surface area contributed by atoms with Gasteiger partial charge in [0.05, 0.1) is 0 Å². The van der Waals surface area contributed by atoms with Crippen LogP contribution in [0.15, 0.2) is 47.6 Å². The van der Waals surface area contributed by atoms with Crippen molar-refractivity contribution in [1.82, 2.24) is 0 Å². The predicted octanol–water partition coefficient (Wildman–Crippen LogP) is 5.29. The number of hydrogen-bond acceptors (Lipinski definition) is 1. The molecule has 5 unspecified atom stereocenters. The molecule has 0 saturated heterocycles. The Bertz CT molecular complexity index is 694. The Balaban J connectivity index is 1.92. The Hall–Kier alpha value is -1.63. The van der Waals surface area contributed by atoms with E-state index in [1.807, 2.05) is 0 Å². The van der Waals surface area contributed by atoms with Crippen molar-refractivity contribution in [3.8, 4) is 0 Å². The molecule has 0 aliphatic heterocycles. The van der Waals surface area contributed by atoms with Crippen molar-refractivity contribution in [2.24, 2.45) is 29.6 Å². The molecule has 2 fully saturated rings. The molecule has 0 bridgehead atoms. The zero-order valence-corrected chi connectivity index (χ0v) is 14.4. The minimum absolute atomic E-state index is 0.366. The highest BCUT2D eigenvalue weighted by atomic mass is 16.1. The molecule has 3 aliphatic carbocycles. The van der Waals surface area contributed by atoms with E-state index in [-0.39, 0.29) is 0 Å². The van der Waals surface area contributed by atoms with Crippen molar-refractivity contribution in [2.75, 3.05) is 0 Å². The average Bonchev–Trinajstić information content (AvgIpc) is 2.93. The lowest BCUT2D eigenvalue weighted by molar-refractivity contribution is -0.114. The second-order valence-electron chi connectivity index (χ2n) is 7.91. The molecule has 1 heteroatoms. The van der Waals surface area contributed by atoms with Gasteiger partial charge in [0, 0.05) is 12.0 Å². The molecular formula is C22H26O. The van der Waals surface area contributed by atoms with Crippen LogP contribution >= 0.6 is 0 Å². The van der Waals surface area contributed by atoms with Gasteiger partial charge in [-0.2, -0.15) is 0 Å². The molecule has 0 heterocycles. The zero-order valence-electron chi connectivity index (χ0n) is 14.4. The molecule has 3 aliphatic rings. The first kappa shape index (κ1) is 14.9. The summed E-state index contributed by atoms with van der Waals surface area (Å²) < 4.78 is 0. The van der Waals surface area contributed by atoms with Gasteiger partial charge in [-0.25, -0.2) is 0 Å². The van der Waals surface area contributed by atoms with E-state index in [0.717, 1.165) is 17.9 Å². The molecule has 1 aromatic carbocycles. The third-order valence-electron chi connectivity index (χ3n) is 6.61. The van der Waals surface area contributed by atoms with E-state index in [4.69, 9.17) is 0 Å². The smallest absolute Gasteiger partial charge is 0.163 e.